The molecule has 0 amide bonds. The van der Waals surface area contributed by atoms with Crippen LogP contribution < -0.4 is 5.73 Å². The van der Waals surface area contributed by atoms with Crippen molar-refractivity contribution in [2.75, 3.05) is 13.1 Å². The average molecular weight is 373 g/mol. The first kappa shape index (κ1) is 17.5. The summed E-state index contributed by atoms with van der Waals surface area (Å²) >= 11 is 5.45. The summed E-state index contributed by atoms with van der Waals surface area (Å²) in [7, 11) is 0. The molecule has 21 heavy (non-hydrogen) atoms. The summed E-state index contributed by atoms with van der Waals surface area (Å²) in [5.41, 5.74) is 6.48. The molecule has 1 aliphatic heterocycles. The van der Waals surface area contributed by atoms with E-state index in [-0.39, 0.29) is 6.04 Å². The zero-order valence-electron chi connectivity index (χ0n) is 13.4. The number of likely N-dealkylation sites (tertiary alicyclic amines) is 1. The molecule has 120 valence electrons. The number of rotatable bonds is 6. The molecule has 0 radical (unpaired) electrons. The highest BCUT2D eigenvalue weighted by Crippen LogP contribution is 2.35. The third-order valence-electron chi connectivity index (χ3n) is 4.74. The van der Waals surface area contributed by atoms with E-state index in [1.165, 1.54) is 53.9 Å². The van der Waals surface area contributed by atoms with Gasteiger partial charge in [-0.3, -0.25) is 4.90 Å². The fourth-order valence-corrected chi connectivity index (χ4v) is 5.17. The van der Waals surface area contributed by atoms with Gasteiger partial charge in [-0.05, 0) is 72.8 Å². The summed E-state index contributed by atoms with van der Waals surface area (Å²) in [6.07, 6.45) is 7.81. The third-order valence-corrected chi connectivity index (χ3v) is 6.43. The van der Waals surface area contributed by atoms with Crippen molar-refractivity contribution in [1.82, 2.24) is 4.90 Å². The molecule has 2 nitrogen and oxygen atoms in total. The Kier molecular flexibility index (Phi) is 7.20. The van der Waals surface area contributed by atoms with Crippen LogP contribution in [0.4, 0.5) is 0 Å². The van der Waals surface area contributed by atoms with E-state index in [1.54, 1.807) is 0 Å². The van der Waals surface area contributed by atoms with Crippen LogP contribution in [0.1, 0.15) is 63.3 Å². The van der Waals surface area contributed by atoms with Crippen LogP contribution in [0.5, 0.6) is 0 Å². The van der Waals surface area contributed by atoms with Crippen LogP contribution >= 0.6 is 27.3 Å². The zero-order valence-corrected chi connectivity index (χ0v) is 15.8. The monoisotopic (exact) mass is 372 g/mol. The molecule has 0 aliphatic carbocycles. The Morgan fingerprint density at radius 2 is 2.14 bits per heavy atom. The predicted octanol–water partition coefficient (Wildman–Crippen LogP) is 5.19. The topological polar surface area (TPSA) is 29.3 Å². The van der Waals surface area contributed by atoms with Gasteiger partial charge < -0.3 is 5.73 Å². The fraction of sp³-hybridized carbons (Fsp3) is 0.765. The molecule has 1 fully saturated rings. The Morgan fingerprint density at radius 1 is 1.33 bits per heavy atom. The normalized spacial score (nSPS) is 23.7. The van der Waals surface area contributed by atoms with E-state index in [9.17, 15) is 0 Å². The van der Waals surface area contributed by atoms with E-state index in [0.29, 0.717) is 6.04 Å². The van der Waals surface area contributed by atoms with Gasteiger partial charge in [0.05, 0.1) is 9.83 Å². The number of nitrogens with zero attached hydrogens (tertiary/aromatic N) is 1. The van der Waals surface area contributed by atoms with E-state index in [4.69, 9.17) is 5.73 Å². The van der Waals surface area contributed by atoms with Gasteiger partial charge >= 0.3 is 0 Å². The second-order valence-electron chi connectivity index (χ2n) is 6.28. The van der Waals surface area contributed by atoms with Gasteiger partial charge in [0, 0.05) is 10.9 Å². The predicted molar refractivity (Wildman–Crippen MR) is 96.8 cm³/mol. The highest BCUT2D eigenvalue weighted by molar-refractivity contribution is 9.11. The second kappa shape index (κ2) is 8.66. The van der Waals surface area contributed by atoms with Gasteiger partial charge in [0.2, 0.25) is 0 Å². The molecule has 1 aromatic heterocycles. The summed E-state index contributed by atoms with van der Waals surface area (Å²) in [6.45, 7) is 6.92. The number of thiophene rings is 1. The molecule has 0 spiro atoms. The van der Waals surface area contributed by atoms with Crippen LogP contribution in [0.25, 0.3) is 0 Å². The first-order valence-corrected chi connectivity index (χ1v) is 10.0. The summed E-state index contributed by atoms with van der Waals surface area (Å²) in [5, 5.41) is 0. The van der Waals surface area contributed by atoms with Crippen molar-refractivity contribution in [3.05, 3.63) is 20.8 Å². The molecule has 0 saturated carbocycles. The van der Waals surface area contributed by atoms with E-state index in [0.717, 1.165) is 12.3 Å². The minimum Gasteiger partial charge on any atom is -0.326 e. The van der Waals surface area contributed by atoms with E-state index in [1.807, 2.05) is 11.3 Å². The maximum atomic E-state index is 6.48. The van der Waals surface area contributed by atoms with Crippen molar-refractivity contribution in [1.29, 1.82) is 0 Å². The fourth-order valence-electron chi connectivity index (χ4n) is 3.53. The molecule has 0 aromatic carbocycles. The molecule has 3 atom stereocenters. The van der Waals surface area contributed by atoms with Gasteiger partial charge in [0.15, 0.2) is 0 Å². The summed E-state index contributed by atoms with van der Waals surface area (Å²) in [5.74, 6) is 0.925. The molecular formula is C17H29BrN2S. The van der Waals surface area contributed by atoms with Crippen LogP contribution in [-0.4, -0.2) is 24.0 Å². The van der Waals surface area contributed by atoms with Gasteiger partial charge in [0.1, 0.15) is 0 Å². The summed E-state index contributed by atoms with van der Waals surface area (Å²) in [6, 6.07) is 5.04. The van der Waals surface area contributed by atoms with Crippen LogP contribution in [-0.2, 0) is 0 Å². The molecule has 1 saturated heterocycles. The first-order valence-electron chi connectivity index (χ1n) is 8.40. The molecule has 0 bridgehead atoms. The molecule has 2 heterocycles. The standard InChI is InChI=1S/C17H29BrN2S/c1-3-6-13-7-5-11-20(12-10-13)17(14(19)4-2)15-8-9-16(18)21-15/h8-9,13-14,17H,3-7,10-12,19H2,1-2H3. The van der Waals surface area contributed by atoms with E-state index in [2.05, 4.69) is 46.8 Å². The Morgan fingerprint density at radius 3 is 2.76 bits per heavy atom. The van der Waals surface area contributed by atoms with Crippen molar-refractivity contribution in [2.24, 2.45) is 11.7 Å². The zero-order chi connectivity index (χ0) is 15.2. The van der Waals surface area contributed by atoms with Crippen molar-refractivity contribution in [3.8, 4) is 0 Å². The Hall–Kier alpha value is 0.1000. The van der Waals surface area contributed by atoms with Crippen molar-refractivity contribution < 1.29 is 0 Å². The smallest absolute Gasteiger partial charge is 0.0702 e. The van der Waals surface area contributed by atoms with Gasteiger partial charge in [-0.15, -0.1) is 11.3 Å². The largest absolute Gasteiger partial charge is 0.326 e. The lowest BCUT2D eigenvalue weighted by Crippen LogP contribution is -2.41. The number of nitrogens with two attached hydrogens (primary N) is 1. The molecular weight excluding hydrogens is 344 g/mol. The van der Waals surface area contributed by atoms with Gasteiger partial charge in [-0.1, -0.05) is 26.7 Å². The number of hydrogen-bond donors (Lipinski definition) is 1. The van der Waals surface area contributed by atoms with Crippen molar-refractivity contribution in [2.45, 2.75) is 64.5 Å². The molecule has 4 heteroatoms. The van der Waals surface area contributed by atoms with Gasteiger partial charge in [-0.25, -0.2) is 0 Å². The molecule has 1 aromatic rings. The highest BCUT2D eigenvalue weighted by atomic mass is 79.9. The quantitative estimate of drug-likeness (QED) is 0.743. The van der Waals surface area contributed by atoms with Gasteiger partial charge in [0.25, 0.3) is 0 Å². The van der Waals surface area contributed by atoms with E-state index < -0.39 is 0 Å². The number of hydrogen-bond acceptors (Lipinski definition) is 3. The van der Waals surface area contributed by atoms with Crippen molar-refractivity contribution in [3.63, 3.8) is 0 Å². The minimum atomic E-state index is 0.235. The summed E-state index contributed by atoms with van der Waals surface area (Å²) in [4.78, 5) is 4.08. The average Bonchev–Trinajstić information content (AvgIpc) is 2.76. The lowest BCUT2D eigenvalue weighted by molar-refractivity contribution is 0.176. The lowest BCUT2D eigenvalue weighted by Gasteiger charge is -2.34. The molecule has 2 N–H and O–H groups in total. The second-order valence-corrected chi connectivity index (χ2v) is 8.77. The Balaban J connectivity index is 2.10. The van der Waals surface area contributed by atoms with Gasteiger partial charge in [-0.2, -0.15) is 0 Å². The summed E-state index contributed by atoms with van der Waals surface area (Å²) < 4.78 is 1.21. The lowest BCUT2D eigenvalue weighted by atomic mass is 9.96. The van der Waals surface area contributed by atoms with Crippen molar-refractivity contribution >= 4 is 27.3 Å². The maximum Gasteiger partial charge on any atom is 0.0702 e. The Labute approximate surface area is 142 Å². The Bertz CT molecular complexity index is 421. The van der Waals surface area contributed by atoms with Crippen LogP contribution in [0.15, 0.2) is 15.9 Å². The third kappa shape index (κ3) is 4.78. The van der Waals surface area contributed by atoms with Crippen LogP contribution in [0.2, 0.25) is 0 Å². The van der Waals surface area contributed by atoms with Crippen LogP contribution in [0, 0.1) is 5.92 Å². The van der Waals surface area contributed by atoms with E-state index >= 15 is 0 Å². The SMILES string of the molecule is CCCC1CCCN(C(c2ccc(Br)s2)C(N)CC)CC1. The van der Waals surface area contributed by atoms with Crippen LogP contribution in [0.3, 0.4) is 0 Å². The minimum absolute atomic E-state index is 0.235. The highest BCUT2D eigenvalue weighted by Gasteiger charge is 2.29. The first-order chi connectivity index (χ1) is 10.2. The number of halogens is 1. The molecule has 1 aliphatic rings. The molecule has 3 unspecified atom stereocenters. The maximum absolute atomic E-state index is 6.48. The molecule has 2 rings (SSSR count).